The SMILES string of the molecule is CC(C)N1C=CSC1C. The van der Waals surface area contributed by atoms with Gasteiger partial charge in [0.15, 0.2) is 0 Å². The standard InChI is InChI=1S/C7H13NS/c1-6(2)8-4-5-9-7(8)3/h4-7H,1-3H3. The Balaban J connectivity index is 2.49. The lowest BCUT2D eigenvalue weighted by molar-refractivity contribution is 0.311. The maximum atomic E-state index is 2.35. The third-order valence-corrected chi connectivity index (χ3v) is 2.44. The van der Waals surface area contributed by atoms with E-state index in [1.807, 2.05) is 11.8 Å². The summed E-state index contributed by atoms with van der Waals surface area (Å²) in [7, 11) is 0. The summed E-state index contributed by atoms with van der Waals surface area (Å²) in [6.07, 6.45) is 2.17. The van der Waals surface area contributed by atoms with Gasteiger partial charge < -0.3 is 4.90 Å². The van der Waals surface area contributed by atoms with E-state index in [4.69, 9.17) is 0 Å². The molecule has 2 heteroatoms. The molecule has 0 N–H and O–H groups in total. The minimum atomic E-state index is 0.644. The smallest absolute Gasteiger partial charge is 0.0760 e. The van der Waals surface area contributed by atoms with Gasteiger partial charge in [-0.2, -0.15) is 0 Å². The molecule has 0 radical (unpaired) electrons. The summed E-state index contributed by atoms with van der Waals surface area (Å²) in [4.78, 5) is 2.35. The third kappa shape index (κ3) is 1.42. The van der Waals surface area contributed by atoms with Crippen molar-refractivity contribution in [3.8, 4) is 0 Å². The van der Waals surface area contributed by atoms with E-state index in [0.29, 0.717) is 11.4 Å². The lowest BCUT2D eigenvalue weighted by atomic mass is 10.3. The maximum Gasteiger partial charge on any atom is 0.0760 e. The minimum absolute atomic E-state index is 0.644. The van der Waals surface area contributed by atoms with Gasteiger partial charge in [-0.05, 0) is 26.2 Å². The van der Waals surface area contributed by atoms with E-state index in [2.05, 4.69) is 37.3 Å². The minimum Gasteiger partial charge on any atom is -0.363 e. The lowest BCUT2D eigenvalue weighted by Crippen LogP contribution is -2.28. The van der Waals surface area contributed by atoms with Crippen LogP contribution in [0.1, 0.15) is 20.8 Å². The van der Waals surface area contributed by atoms with Crippen LogP contribution >= 0.6 is 11.8 Å². The van der Waals surface area contributed by atoms with Crippen LogP contribution < -0.4 is 0 Å². The molecular weight excluding hydrogens is 130 g/mol. The van der Waals surface area contributed by atoms with Crippen molar-refractivity contribution in [1.82, 2.24) is 4.90 Å². The highest BCUT2D eigenvalue weighted by molar-refractivity contribution is 8.02. The number of hydrogen-bond acceptors (Lipinski definition) is 2. The topological polar surface area (TPSA) is 3.24 Å². The molecule has 1 heterocycles. The number of thioether (sulfide) groups is 1. The Morgan fingerprint density at radius 1 is 1.56 bits per heavy atom. The summed E-state index contributed by atoms with van der Waals surface area (Å²) in [6.45, 7) is 6.66. The molecular formula is C7H13NS. The molecule has 1 atom stereocenters. The molecule has 0 aliphatic carbocycles. The second-order valence-electron chi connectivity index (χ2n) is 2.56. The fourth-order valence-corrected chi connectivity index (χ4v) is 1.90. The van der Waals surface area contributed by atoms with E-state index >= 15 is 0 Å². The van der Waals surface area contributed by atoms with Crippen LogP contribution in [-0.4, -0.2) is 16.3 Å². The Hall–Kier alpha value is -0.110. The first-order chi connectivity index (χ1) is 4.22. The van der Waals surface area contributed by atoms with Gasteiger partial charge in [-0.3, -0.25) is 0 Å². The Labute approximate surface area is 61.1 Å². The van der Waals surface area contributed by atoms with E-state index in [-0.39, 0.29) is 0 Å². The first kappa shape index (κ1) is 7.00. The maximum absolute atomic E-state index is 2.35. The van der Waals surface area contributed by atoms with Crippen molar-refractivity contribution in [2.24, 2.45) is 0 Å². The van der Waals surface area contributed by atoms with Crippen molar-refractivity contribution in [2.75, 3.05) is 0 Å². The first-order valence-electron chi connectivity index (χ1n) is 3.31. The second-order valence-corrected chi connectivity index (χ2v) is 3.79. The Kier molecular flexibility index (Phi) is 2.06. The number of hydrogen-bond donors (Lipinski definition) is 0. The average molecular weight is 143 g/mol. The third-order valence-electron chi connectivity index (χ3n) is 1.52. The highest BCUT2D eigenvalue weighted by atomic mass is 32.2. The van der Waals surface area contributed by atoms with Crippen molar-refractivity contribution in [3.63, 3.8) is 0 Å². The highest BCUT2D eigenvalue weighted by Gasteiger charge is 2.16. The van der Waals surface area contributed by atoms with Gasteiger partial charge in [-0.15, -0.1) is 11.8 Å². The van der Waals surface area contributed by atoms with Crippen LogP contribution in [0.25, 0.3) is 0 Å². The van der Waals surface area contributed by atoms with Crippen LogP contribution in [0.4, 0.5) is 0 Å². The van der Waals surface area contributed by atoms with E-state index in [0.717, 1.165) is 0 Å². The molecule has 1 rings (SSSR count). The molecule has 52 valence electrons. The Bertz CT molecular complexity index is 120. The summed E-state index contributed by atoms with van der Waals surface area (Å²) >= 11 is 1.88. The molecule has 0 spiro atoms. The van der Waals surface area contributed by atoms with E-state index in [9.17, 15) is 0 Å². The summed E-state index contributed by atoms with van der Waals surface area (Å²) < 4.78 is 0. The fourth-order valence-electron chi connectivity index (χ4n) is 1.00. The number of nitrogens with zero attached hydrogens (tertiary/aromatic N) is 1. The Morgan fingerprint density at radius 3 is 2.44 bits per heavy atom. The molecule has 0 bridgehead atoms. The predicted molar refractivity (Wildman–Crippen MR) is 43.2 cm³/mol. The second kappa shape index (κ2) is 2.65. The van der Waals surface area contributed by atoms with Crippen LogP contribution in [0.3, 0.4) is 0 Å². The molecule has 1 aliphatic rings. The summed E-state index contributed by atoms with van der Waals surface area (Å²) in [5.41, 5.74) is 0. The van der Waals surface area contributed by atoms with Crippen molar-refractivity contribution in [1.29, 1.82) is 0 Å². The summed E-state index contributed by atoms with van der Waals surface area (Å²) in [5, 5.41) is 2.80. The molecule has 0 aromatic carbocycles. The molecule has 1 nitrogen and oxygen atoms in total. The van der Waals surface area contributed by atoms with Crippen LogP contribution in [0.15, 0.2) is 11.6 Å². The van der Waals surface area contributed by atoms with Gasteiger partial charge in [0.2, 0.25) is 0 Å². The average Bonchev–Trinajstić information content (AvgIpc) is 2.13. The zero-order chi connectivity index (χ0) is 6.85. The van der Waals surface area contributed by atoms with Crippen LogP contribution in [0.2, 0.25) is 0 Å². The van der Waals surface area contributed by atoms with Gasteiger partial charge in [0.25, 0.3) is 0 Å². The van der Waals surface area contributed by atoms with Crippen LogP contribution in [-0.2, 0) is 0 Å². The molecule has 1 unspecified atom stereocenters. The quantitative estimate of drug-likeness (QED) is 0.554. The van der Waals surface area contributed by atoms with E-state index in [1.54, 1.807) is 0 Å². The van der Waals surface area contributed by atoms with Crippen LogP contribution in [0, 0.1) is 0 Å². The van der Waals surface area contributed by atoms with Crippen molar-refractivity contribution in [3.05, 3.63) is 11.6 Å². The largest absolute Gasteiger partial charge is 0.363 e. The molecule has 0 aromatic rings. The molecule has 9 heavy (non-hydrogen) atoms. The zero-order valence-corrected chi connectivity index (χ0v) is 6.98. The zero-order valence-electron chi connectivity index (χ0n) is 6.16. The van der Waals surface area contributed by atoms with Gasteiger partial charge in [-0.25, -0.2) is 0 Å². The van der Waals surface area contributed by atoms with E-state index < -0.39 is 0 Å². The fraction of sp³-hybridized carbons (Fsp3) is 0.714. The lowest BCUT2D eigenvalue weighted by Gasteiger charge is -2.25. The normalized spacial score (nSPS) is 26.2. The number of rotatable bonds is 1. The van der Waals surface area contributed by atoms with Crippen molar-refractivity contribution < 1.29 is 0 Å². The van der Waals surface area contributed by atoms with Gasteiger partial charge in [0.1, 0.15) is 0 Å². The molecule has 0 fully saturated rings. The van der Waals surface area contributed by atoms with Gasteiger partial charge in [0, 0.05) is 12.2 Å². The molecule has 0 amide bonds. The summed E-state index contributed by atoms with van der Waals surface area (Å²) in [6, 6.07) is 0.645. The molecule has 1 aliphatic heterocycles. The van der Waals surface area contributed by atoms with Crippen LogP contribution in [0.5, 0.6) is 0 Å². The first-order valence-corrected chi connectivity index (χ1v) is 4.25. The molecule has 0 saturated carbocycles. The highest BCUT2D eigenvalue weighted by Crippen LogP contribution is 2.25. The van der Waals surface area contributed by atoms with Gasteiger partial charge >= 0.3 is 0 Å². The van der Waals surface area contributed by atoms with E-state index in [1.165, 1.54) is 0 Å². The van der Waals surface area contributed by atoms with Crippen molar-refractivity contribution >= 4 is 11.8 Å². The molecule has 0 aromatic heterocycles. The monoisotopic (exact) mass is 143 g/mol. The van der Waals surface area contributed by atoms with Gasteiger partial charge in [0.05, 0.1) is 5.37 Å². The Morgan fingerprint density at radius 2 is 2.22 bits per heavy atom. The molecule has 0 saturated heterocycles. The summed E-state index contributed by atoms with van der Waals surface area (Å²) in [5.74, 6) is 0. The predicted octanol–water partition coefficient (Wildman–Crippen LogP) is 2.26. The van der Waals surface area contributed by atoms with Crippen molar-refractivity contribution in [2.45, 2.75) is 32.2 Å². The van der Waals surface area contributed by atoms with Gasteiger partial charge in [-0.1, -0.05) is 0 Å².